The average molecular weight is 451 g/mol. The van der Waals surface area contributed by atoms with Crippen molar-refractivity contribution >= 4 is 40.6 Å². The van der Waals surface area contributed by atoms with Crippen LogP contribution >= 0.6 is 0 Å². The summed E-state index contributed by atoms with van der Waals surface area (Å²) in [5.74, 6) is -6.33. The first-order valence-electron chi connectivity index (χ1n) is 9.44. The molecule has 2 aromatic rings. The van der Waals surface area contributed by atoms with Gasteiger partial charge in [0.2, 0.25) is 0 Å². The minimum absolute atomic E-state index is 0.854. The summed E-state index contributed by atoms with van der Waals surface area (Å²) in [6, 6.07) is 10.4. The molecule has 174 valence electrons. The van der Waals surface area contributed by atoms with Gasteiger partial charge in [-0.15, -0.1) is 0 Å². The molecule has 32 heavy (non-hydrogen) atoms. The summed E-state index contributed by atoms with van der Waals surface area (Å²) in [4.78, 5) is 43.5. The molecule has 0 bridgehead atoms. The van der Waals surface area contributed by atoms with Gasteiger partial charge in [-0.25, -0.2) is 24.2 Å². The van der Waals surface area contributed by atoms with E-state index in [2.05, 4.69) is 46.4 Å². The number of para-hydroxylation sites is 1. The number of nitrogens with zero attached hydrogens (tertiary/aromatic N) is 2. The normalized spacial score (nSPS) is 13.0. The number of hydrogen-bond donors (Lipinski definition) is 5. The molecule has 12 nitrogen and oxygen atoms in total. The highest BCUT2D eigenvalue weighted by Gasteiger charge is 2.09. The van der Waals surface area contributed by atoms with E-state index < -0.39 is 23.9 Å². The van der Waals surface area contributed by atoms with Gasteiger partial charge < -0.3 is 30.5 Å². The molecule has 0 amide bonds. The fourth-order valence-electron chi connectivity index (χ4n) is 2.61. The highest BCUT2D eigenvalue weighted by molar-refractivity contribution is 6.27. The summed E-state index contributed by atoms with van der Waals surface area (Å²) in [5.41, 5.74) is 2.32. The van der Waals surface area contributed by atoms with Crippen LogP contribution in [-0.4, -0.2) is 93.6 Å². The van der Waals surface area contributed by atoms with Crippen LogP contribution in [0.3, 0.4) is 0 Å². The number of carboxylic acid groups (broad SMARTS) is 4. The monoisotopic (exact) mass is 451 g/mol. The van der Waals surface area contributed by atoms with E-state index in [9.17, 15) is 0 Å². The highest BCUT2D eigenvalue weighted by atomic mass is 16.5. The van der Waals surface area contributed by atoms with Crippen LogP contribution in [0.5, 0.6) is 0 Å². The van der Waals surface area contributed by atoms with Crippen LogP contribution in [0.25, 0.3) is 10.9 Å². The fraction of sp³-hybridized carbons (Fsp3) is 0.350. The van der Waals surface area contributed by atoms with Crippen molar-refractivity contribution in [2.75, 3.05) is 44.7 Å². The van der Waals surface area contributed by atoms with E-state index in [1.807, 2.05) is 6.07 Å². The maximum absolute atomic E-state index is 9.10. The van der Waals surface area contributed by atoms with Crippen molar-refractivity contribution in [2.45, 2.75) is 6.92 Å². The molecule has 1 aromatic carbocycles. The maximum atomic E-state index is 9.10. The average Bonchev–Trinajstić information content (AvgIpc) is 2.75. The molecule has 1 aliphatic heterocycles. The minimum atomic E-state index is -1.82. The molecule has 0 unspecified atom stereocenters. The highest BCUT2D eigenvalue weighted by Crippen LogP contribution is 2.19. The number of anilines is 1. The zero-order chi connectivity index (χ0) is 24.1. The van der Waals surface area contributed by atoms with Gasteiger partial charge >= 0.3 is 23.9 Å². The second-order valence-corrected chi connectivity index (χ2v) is 6.44. The van der Waals surface area contributed by atoms with E-state index in [0.29, 0.717) is 0 Å². The number of morpholine rings is 1. The van der Waals surface area contributed by atoms with Gasteiger partial charge in [-0.2, -0.15) is 0 Å². The Hall–Kier alpha value is -3.77. The predicted octanol–water partition coefficient (Wildman–Crippen LogP) is 0.599. The van der Waals surface area contributed by atoms with Crippen LogP contribution in [0, 0.1) is 6.92 Å². The first-order chi connectivity index (χ1) is 15.1. The third-order valence-corrected chi connectivity index (χ3v) is 4.13. The largest absolute Gasteiger partial charge is 0.473 e. The number of carboxylic acids is 4. The number of nitrogens with one attached hydrogen (secondary N) is 1. The minimum Gasteiger partial charge on any atom is -0.473 e. The van der Waals surface area contributed by atoms with Crippen LogP contribution in [0.4, 0.5) is 5.82 Å². The number of fused-ring (bicyclic) bond motifs is 1. The number of rotatable bonds is 4. The lowest BCUT2D eigenvalue weighted by molar-refractivity contribution is -0.159. The zero-order valence-electron chi connectivity index (χ0n) is 17.4. The van der Waals surface area contributed by atoms with Crippen LogP contribution in [-0.2, 0) is 23.9 Å². The molecule has 3 rings (SSSR count). The number of aryl methyl sites for hydroxylation is 1. The standard InChI is InChI=1S/C16H21N3O.2C2H2O4/c1-13-12-16(18-15-5-3-2-4-14(13)15)17-6-7-19-8-10-20-11-9-19;2*3-1(4)2(5)6/h2-5,12H,6-11H2,1H3,(H,17,18);2*(H,3,4)(H,5,6). The molecule has 2 heterocycles. The lowest BCUT2D eigenvalue weighted by Gasteiger charge is -2.26. The summed E-state index contributed by atoms with van der Waals surface area (Å²) in [6.45, 7) is 7.87. The van der Waals surface area contributed by atoms with Crippen molar-refractivity contribution in [1.29, 1.82) is 0 Å². The Morgan fingerprint density at radius 1 is 0.969 bits per heavy atom. The molecule has 1 saturated heterocycles. The van der Waals surface area contributed by atoms with Gasteiger partial charge in [0.05, 0.1) is 18.7 Å². The maximum Gasteiger partial charge on any atom is 0.414 e. The van der Waals surface area contributed by atoms with Gasteiger partial charge in [0.1, 0.15) is 5.82 Å². The van der Waals surface area contributed by atoms with Gasteiger partial charge in [0, 0.05) is 31.6 Å². The van der Waals surface area contributed by atoms with Crippen molar-refractivity contribution in [3.05, 3.63) is 35.9 Å². The molecule has 0 aliphatic carbocycles. The molecular formula is C20H25N3O9. The number of hydrogen-bond acceptors (Lipinski definition) is 8. The first-order valence-corrected chi connectivity index (χ1v) is 9.44. The van der Waals surface area contributed by atoms with Gasteiger partial charge in [-0.05, 0) is 24.6 Å². The number of ether oxygens (including phenoxy) is 1. The van der Waals surface area contributed by atoms with E-state index in [0.717, 1.165) is 50.7 Å². The van der Waals surface area contributed by atoms with Crippen molar-refractivity contribution in [3.8, 4) is 0 Å². The summed E-state index contributed by atoms with van der Waals surface area (Å²) in [7, 11) is 0. The smallest absolute Gasteiger partial charge is 0.414 e. The lowest BCUT2D eigenvalue weighted by atomic mass is 10.1. The van der Waals surface area contributed by atoms with E-state index in [1.54, 1.807) is 0 Å². The zero-order valence-corrected chi connectivity index (χ0v) is 17.4. The second-order valence-electron chi connectivity index (χ2n) is 6.44. The summed E-state index contributed by atoms with van der Waals surface area (Å²) >= 11 is 0. The quantitative estimate of drug-likeness (QED) is 0.408. The lowest BCUT2D eigenvalue weighted by Crippen LogP contribution is -2.39. The summed E-state index contributed by atoms with van der Waals surface area (Å²) in [6.07, 6.45) is 0. The third kappa shape index (κ3) is 9.82. The van der Waals surface area contributed by atoms with Gasteiger partial charge in [-0.3, -0.25) is 4.90 Å². The number of aliphatic carboxylic acids is 4. The molecule has 0 atom stereocenters. The molecule has 12 heteroatoms. The molecule has 5 N–H and O–H groups in total. The Kier molecular flexibility index (Phi) is 11.1. The van der Waals surface area contributed by atoms with Crippen molar-refractivity contribution in [1.82, 2.24) is 9.88 Å². The van der Waals surface area contributed by atoms with E-state index in [-0.39, 0.29) is 0 Å². The molecule has 0 saturated carbocycles. The molecule has 0 spiro atoms. The Labute approximate surface area is 183 Å². The molecule has 1 aliphatic rings. The Balaban J connectivity index is 0.000000355. The number of benzene rings is 1. The van der Waals surface area contributed by atoms with Crippen LogP contribution in [0.15, 0.2) is 30.3 Å². The van der Waals surface area contributed by atoms with Crippen LogP contribution in [0.1, 0.15) is 5.56 Å². The summed E-state index contributed by atoms with van der Waals surface area (Å²) < 4.78 is 5.35. The Morgan fingerprint density at radius 2 is 1.50 bits per heavy atom. The topological polar surface area (TPSA) is 187 Å². The van der Waals surface area contributed by atoms with E-state index in [4.69, 9.17) is 44.3 Å². The Morgan fingerprint density at radius 3 is 2.03 bits per heavy atom. The molecule has 0 radical (unpaired) electrons. The van der Waals surface area contributed by atoms with Gasteiger partial charge in [0.15, 0.2) is 0 Å². The number of aromatic nitrogens is 1. The van der Waals surface area contributed by atoms with Crippen molar-refractivity contribution < 1.29 is 44.3 Å². The molecule has 1 fully saturated rings. The second kappa shape index (κ2) is 13.5. The van der Waals surface area contributed by atoms with Gasteiger partial charge in [-0.1, -0.05) is 18.2 Å². The third-order valence-electron chi connectivity index (χ3n) is 4.13. The Bertz CT molecular complexity index is 895. The van der Waals surface area contributed by atoms with Gasteiger partial charge in [0.25, 0.3) is 0 Å². The molecule has 1 aromatic heterocycles. The first kappa shape index (κ1) is 26.3. The predicted molar refractivity (Wildman–Crippen MR) is 113 cm³/mol. The van der Waals surface area contributed by atoms with Crippen LogP contribution in [0.2, 0.25) is 0 Å². The number of carbonyl (C=O) groups is 4. The fourth-order valence-corrected chi connectivity index (χ4v) is 2.61. The van der Waals surface area contributed by atoms with Crippen molar-refractivity contribution in [2.24, 2.45) is 0 Å². The van der Waals surface area contributed by atoms with E-state index in [1.165, 1.54) is 10.9 Å². The summed E-state index contributed by atoms with van der Waals surface area (Å²) in [5, 5.41) is 34.2. The van der Waals surface area contributed by atoms with Crippen molar-refractivity contribution in [3.63, 3.8) is 0 Å². The van der Waals surface area contributed by atoms with E-state index >= 15 is 0 Å². The SMILES string of the molecule is Cc1cc(NCCN2CCOCC2)nc2ccccc12.O=C(O)C(=O)O.O=C(O)C(=O)O. The molecular weight excluding hydrogens is 426 g/mol. The van der Waals surface area contributed by atoms with Crippen LogP contribution < -0.4 is 5.32 Å². The number of pyridine rings is 1.